The van der Waals surface area contributed by atoms with E-state index >= 15 is 0 Å². The molecule has 2 aromatic heterocycles. The number of carbonyl (C=O) groups excluding carboxylic acids is 1. The van der Waals surface area contributed by atoms with Crippen molar-refractivity contribution in [2.24, 2.45) is 5.92 Å². The molecule has 1 aromatic carbocycles. The van der Waals surface area contributed by atoms with Gasteiger partial charge in [-0.2, -0.15) is 0 Å². The van der Waals surface area contributed by atoms with E-state index in [2.05, 4.69) is 63.0 Å². The molecular formula is C26H32N4O2. The molecule has 1 amide bonds. The number of ether oxygens (including phenoxy) is 1. The lowest BCUT2D eigenvalue weighted by atomic mass is 9.70. The SMILES string of the molecule is COCCN1CCC(C(=O)N2CCC(c3ccccc3)(c3cn4ccccc4n3)CC2)C1. The number of amides is 1. The van der Waals surface area contributed by atoms with E-state index in [0.29, 0.717) is 5.91 Å². The third-order valence-corrected chi connectivity index (χ3v) is 7.34. The number of hydrogen-bond donors (Lipinski definition) is 0. The molecule has 32 heavy (non-hydrogen) atoms. The zero-order valence-electron chi connectivity index (χ0n) is 18.8. The largest absolute Gasteiger partial charge is 0.383 e. The van der Waals surface area contributed by atoms with Gasteiger partial charge in [0.15, 0.2) is 0 Å². The fourth-order valence-electron chi connectivity index (χ4n) is 5.44. The molecule has 2 fully saturated rings. The van der Waals surface area contributed by atoms with Crippen molar-refractivity contribution in [2.45, 2.75) is 24.7 Å². The van der Waals surface area contributed by atoms with Crippen molar-refractivity contribution in [3.05, 3.63) is 72.2 Å². The van der Waals surface area contributed by atoms with E-state index in [1.807, 2.05) is 12.1 Å². The Morgan fingerprint density at radius 3 is 2.62 bits per heavy atom. The van der Waals surface area contributed by atoms with Crippen LogP contribution in [0, 0.1) is 5.92 Å². The van der Waals surface area contributed by atoms with Gasteiger partial charge in [-0.1, -0.05) is 36.4 Å². The monoisotopic (exact) mass is 432 g/mol. The second-order valence-corrected chi connectivity index (χ2v) is 9.14. The van der Waals surface area contributed by atoms with Crippen molar-refractivity contribution in [3.8, 4) is 0 Å². The van der Waals surface area contributed by atoms with Crippen LogP contribution in [0.4, 0.5) is 0 Å². The van der Waals surface area contributed by atoms with Crippen molar-refractivity contribution >= 4 is 11.6 Å². The van der Waals surface area contributed by atoms with Gasteiger partial charge in [0.05, 0.1) is 18.2 Å². The Morgan fingerprint density at radius 2 is 1.88 bits per heavy atom. The van der Waals surface area contributed by atoms with E-state index in [1.54, 1.807) is 7.11 Å². The van der Waals surface area contributed by atoms with Gasteiger partial charge in [0.25, 0.3) is 0 Å². The van der Waals surface area contributed by atoms with Crippen LogP contribution >= 0.6 is 0 Å². The minimum atomic E-state index is -0.162. The van der Waals surface area contributed by atoms with E-state index < -0.39 is 0 Å². The molecule has 2 aliphatic rings. The number of pyridine rings is 1. The molecule has 2 saturated heterocycles. The van der Waals surface area contributed by atoms with Crippen molar-refractivity contribution in [1.82, 2.24) is 19.2 Å². The average Bonchev–Trinajstić information content (AvgIpc) is 3.50. The first-order valence-corrected chi connectivity index (χ1v) is 11.7. The summed E-state index contributed by atoms with van der Waals surface area (Å²) in [6.45, 7) is 5.03. The topological polar surface area (TPSA) is 50.1 Å². The van der Waals surface area contributed by atoms with E-state index in [9.17, 15) is 4.79 Å². The number of likely N-dealkylation sites (tertiary alicyclic amines) is 2. The van der Waals surface area contributed by atoms with Gasteiger partial charge in [0.2, 0.25) is 5.91 Å². The van der Waals surface area contributed by atoms with Crippen LogP contribution in [0.5, 0.6) is 0 Å². The van der Waals surface area contributed by atoms with Crippen molar-refractivity contribution in [3.63, 3.8) is 0 Å². The molecule has 0 N–H and O–H groups in total. The van der Waals surface area contributed by atoms with Gasteiger partial charge >= 0.3 is 0 Å². The van der Waals surface area contributed by atoms with Crippen molar-refractivity contribution in [1.29, 1.82) is 0 Å². The fourth-order valence-corrected chi connectivity index (χ4v) is 5.44. The highest BCUT2D eigenvalue weighted by molar-refractivity contribution is 5.79. The molecule has 1 unspecified atom stereocenters. The van der Waals surface area contributed by atoms with Crippen LogP contribution in [0.15, 0.2) is 60.9 Å². The highest BCUT2D eigenvalue weighted by atomic mass is 16.5. The van der Waals surface area contributed by atoms with Crippen LogP contribution in [-0.4, -0.2) is 71.5 Å². The van der Waals surface area contributed by atoms with E-state index in [1.165, 1.54) is 5.56 Å². The Bertz CT molecular complexity index is 1020. The Morgan fingerprint density at radius 1 is 1.09 bits per heavy atom. The summed E-state index contributed by atoms with van der Waals surface area (Å²) in [5.74, 6) is 0.438. The second-order valence-electron chi connectivity index (χ2n) is 9.14. The number of rotatable bonds is 6. The first-order chi connectivity index (χ1) is 15.7. The first kappa shape index (κ1) is 21.2. The molecule has 0 radical (unpaired) electrons. The number of methoxy groups -OCH3 is 1. The Kier molecular flexibility index (Phi) is 5.98. The zero-order chi connectivity index (χ0) is 22.0. The summed E-state index contributed by atoms with van der Waals surface area (Å²) in [5.41, 5.74) is 3.21. The second kappa shape index (κ2) is 9.04. The number of hydrogen-bond acceptors (Lipinski definition) is 4. The summed E-state index contributed by atoms with van der Waals surface area (Å²) in [6.07, 6.45) is 6.97. The molecule has 168 valence electrons. The number of piperidine rings is 1. The van der Waals surface area contributed by atoms with Gasteiger partial charge in [0.1, 0.15) is 5.65 Å². The smallest absolute Gasteiger partial charge is 0.227 e. The molecule has 2 aliphatic heterocycles. The van der Waals surface area contributed by atoms with E-state index in [0.717, 1.165) is 69.9 Å². The van der Waals surface area contributed by atoms with Crippen LogP contribution in [0.1, 0.15) is 30.5 Å². The fraction of sp³-hybridized carbons (Fsp3) is 0.462. The number of carbonyl (C=O) groups is 1. The highest BCUT2D eigenvalue weighted by Gasteiger charge is 2.42. The maximum absolute atomic E-state index is 13.3. The van der Waals surface area contributed by atoms with Crippen LogP contribution in [0.25, 0.3) is 5.65 Å². The molecule has 0 aliphatic carbocycles. The number of imidazole rings is 1. The van der Waals surface area contributed by atoms with Crippen molar-refractivity contribution < 1.29 is 9.53 Å². The third-order valence-electron chi connectivity index (χ3n) is 7.34. The van der Waals surface area contributed by atoms with Gasteiger partial charge in [-0.05, 0) is 43.5 Å². The Hall–Kier alpha value is -2.70. The summed E-state index contributed by atoms with van der Waals surface area (Å²) in [6, 6.07) is 16.8. The summed E-state index contributed by atoms with van der Waals surface area (Å²) >= 11 is 0. The predicted molar refractivity (Wildman–Crippen MR) is 125 cm³/mol. The Labute approximate surface area is 189 Å². The number of aromatic nitrogens is 2. The van der Waals surface area contributed by atoms with E-state index in [-0.39, 0.29) is 11.3 Å². The molecule has 6 nitrogen and oxygen atoms in total. The molecule has 5 rings (SSSR count). The summed E-state index contributed by atoms with van der Waals surface area (Å²) in [7, 11) is 1.73. The summed E-state index contributed by atoms with van der Waals surface area (Å²) in [4.78, 5) is 22.8. The minimum Gasteiger partial charge on any atom is -0.383 e. The normalized spacial score (nSPS) is 21.3. The number of fused-ring (bicyclic) bond motifs is 1. The maximum atomic E-state index is 13.3. The molecule has 1 atom stereocenters. The third kappa shape index (κ3) is 3.93. The van der Waals surface area contributed by atoms with Crippen LogP contribution < -0.4 is 0 Å². The highest BCUT2D eigenvalue weighted by Crippen LogP contribution is 2.41. The van der Waals surface area contributed by atoms with Crippen LogP contribution in [-0.2, 0) is 14.9 Å². The van der Waals surface area contributed by atoms with Gasteiger partial charge < -0.3 is 18.9 Å². The predicted octanol–water partition coefficient (Wildman–Crippen LogP) is 3.21. The summed E-state index contributed by atoms with van der Waals surface area (Å²) < 4.78 is 7.30. The number of nitrogens with zero attached hydrogens (tertiary/aromatic N) is 4. The standard InChI is InChI=1S/C26H32N4O2/c1-32-18-17-28-14-10-21(19-28)25(31)29-15-11-26(12-16-29,22-7-3-2-4-8-22)23-20-30-13-6-5-9-24(30)27-23/h2-9,13,20-21H,10-12,14-19H2,1H3. The van der Waals surface area contributed by atoms with Crippen molar-refractivity contribution in [2.75, 3.05) is 46.4 Å². The van der Waals surface area contributed by atoms with Crippen LogP contribution in [0.3, 0.4) is 0 Å². The summed E-state index contributed by atoms with van der Waals surface area (Å²) in [5, 5.41) is 0. The van der Waals surface area contributed by atoms with E-state index in [4.69, 9.17) is 9.72 Å². The molecule has 0 saturated carbocycles. The molecule has 0 spiro atoms. The van der Waals surface area contributed by atoms with Gasteiger partial charge in [-0.3, -0.25) is 4.79 Å². The van der Waals surface area contributed by atoms with Gasteiger partial charge in [-0.25, -0.2) is 4.98 Å². The first-order valence-electron chi connectivity index (χ1n) is 11.7. The quantitative estimate of drug-likeness (QED) is 0.600. The lowest BCUT2D eigenvalue weighted by molar-refractivity contribution is -0.136. The van der Waals surface area contributed by atoms with Gasteiger partial charge in [0, 0.05) is 51.1 Å². The Balaban J connectivity index is 1.35. The molecular weight excluding hydrogens is 400 g/mol. The molecule has 6 heteroatoms. The van der Waals surface area contributed by atoms with Crippen LogP contribution in [0.2, 0.25) is 0 Å². The number of benzene rings is 1. The van der Waals surface area contributed by atoms with Gasteiger partial charge in [-0.15, -0.1) is 0 Å². The minimum absolute atomic E-state index is 0.117. The maximum Gasteiger partial charge on any atom is 0.227 e. The zero-order valence-corrected chi connectivity index (χ0v) is 18.8. The average molecular weight is 433 g/mol. The lowest BCUT2D eigenvalue weighted by Gasteiger charge is -2.42. The molecule has 0 bridgehead atoms. The lowest BCUT2D eigenvalue weighted by Crippen LogP contribution is -2.48. The molecule has 4 heterocycles. The molecule has 3 aromatic rings.